The van der Waals surface area contributed by atoms with Gasteiger partial charge >= 0.3 is 0 Å². The molecule has 78 valence electrons. The molecule has 2 nitrogen and oxygen atoms in total. The molecule has 3 heteroatoms. The van der Waals surface area contributed by atoms with Gasteiger partial charge in [-0.05, 0) is 54.0 Å². The average molecular weight is 218 g/mol. The molecule has 15 heavy (non-hydrogen) atoms. The lowest BCUT2D eigenvalue weighted by Crippen LogP contribution is -2.18. The minimum atomic E-state index is 0.339. The molecular weight excluding hydrogens is 204 g/mol. The summed E-state index contributed by atoms with van der Waals surface area (Å²) in [5.41, 5.74) is 5.29. The van der Waals surface area contributed by atoms with Gasteiger partial charge in [-0.15, -0.1) is 11.8 Å². The second-order valence-electron chi connectivity index (χ2n) is 3.86. The van der Waals surface area contributed by atoms with Crippen molar-refractivity contribution in [2.45, 2.75) is 20.3 Å². The summed E-state index contributed by atoms with van der Waals surface area (Å²) in [6.07, 6.45) is 2.92. The highest BCUT2D eigenvalue weighted by Crippen LogP contribution is 2.34. The second-order valence-corrected chi connectivity index (χ2v) is 4.84. The zero-order chi connectivity index (χ0) is 11.0. The van der Waals surface area contributed by atoms with Gasteiger partial charge < -0.3 is 0 Å². The lowest BCUT2D eigenvalue weighted by atomic mass is 9.86. The van der Waals surface area contributed by atoms with E-state index >= 15 is 0 Å². The Morgan fingerprint density at radius 3 is 2.53 bits per heavy atom. The molecule has 0 saturated heterocycles. The van der Waals surface area contributed by atoms with Gasteiger partial charge in [-0.2, -0.15) is 0 Å². The molecule has 1 aliphatic heterocycles. The fourth-order valence-corrected chi connectivity index (χ4v) is 2.74. The van der Waals surface area contributed by atoms with Gasteiger partial charge in [-0.1, -0.05) is 0 Å². The van der Waals surface area contributed by atoms with E-state index in [1.807, 2.05) is 31.7 Å². The fraction of sp³-hybridized carbons (Fsp3) is 0.333. The first-order valence-electron chi connectivity index (χ1n) is 4.99. The van der Waals surface area contributed by atoms with Crippen LogP contribution in [-0.4, -0.2) is 17.2 Å². The lowest BCUT2D eigenvalue weighted by molar-refractivity contribution is 1.14. The summed E-state index contributed by atoms with van der Waals surface area (Å²) in [7, 11) is 0. The first kappa shape index (κ1) is 10.4. The predicted octanol–water partition coefficient (Wildman–Crippen LogP) is 3.32. The molecule has 1 heterocycles. The summed E-state index contributed by atoms with van der Waals surface area (Å²) < 4.78 is 0. The van der Waals surface area contributed by atoms with Gasteiger partial charge in [0.15, 0.2) is 0 Å². The van der Waals surface area contributed by atoms with Gasteiger partial charge in [0.2, 0.25) is 0 Å². The van der Waals surface area contributed by atoms with Crippen LogP contribution in [0.15, 0.2) is 33.8 Å². The van der Waals surface area contributed by atoms with Gasteiger partial charge in [0, 0.05) is 5.75 Å². The molecule has 2 rings (SSSR count). The Labute approximate surface area is 94.2 Å². The third-order valence-corrected chi connectivity index (χ3v) is 3.85. The maximum absolute atomic E-state index is 7.74. The number of thioether (sulfide) groups is 1. The highest BCUT2D eigenvalue weighted by molar-refractivity contribution is 8.02. The van der Waals surface area contributed by atoms with Gasteiger partial charge in [-0.25, -0.2) is 0 Å². The van der Waals surface area contributed by atoms with Crippen molar-refractivity contribution >= 4 is 23.2 Å². The zero-order valence-corrected chi connectivity index (χ0v) is 9.79. The lowest BCUT2D eigenvalue weighted by Gasteiger charge is -2.19. The van der Waals surface area contributed by atoms with Crippen LogP contribution in [0.1, 0.15) is 20.3 Å². The third kappa shape index (κ3) is 1.72. The van der Waals surface area contributed by atoms with E-state index in [-0.39, 0.29) is 0 Å². The summed E-state index contributed by atoms with van der Waals surface area (Å²) in [5.74, 6) is 1.14. The normalized spacial score (nSPS) is 22.0. The molecular formula is C12H14N2S. The SMILES string of the molecule is CC1=C(C)C(C2=CSCC2)=CC(=N)C1=N. The maximum atomic E-state index is 7.74. The molecule has 0 aromatic carbocycles. The molecule has 0 amide bonds. The van der Waals surface area contributed by atoms with E-state index in [2.05, 4.69) is 5.41 Å². The molecule has 2 N–H and O–H groups in total. The van der Waals surface area contributed by atoms with Gasteiger partial charge in [-0.3, -0.25) is 10.8 Å². The van der Waals surface area contributed by atoms with Crippen LogP contribution >= 0.6 is 11.8 Å². The predicted molar refractivity (Wildman–Crippen MR) is 67.1 cm³/mol. The van der Waals surface area contributed by atoms with Crippen LogP contribution < -0.4 is 0 Å². The van der Waals surface area contributed by atoms with E-state index in [1.54, 1.807) is 0 Å². The molecule has 0 aromatic heterocycles. The summed E-state index contributed by atoms with van der Waals surface area (Å²) in [5, 5.41) is 17.7. The Morgan fingerprint density at radius 2 is 1.93 bits per heavy atom. The summed E-state index contributed by atoms with van der Waals surface area (Å²) >= 11 is 1.83. The smallest absolute Gasteiger partial charge is 0.0821 e. The van der Waals surface area contributed by atoms with Crippen LogP contribution in [0.2, 0.25) is 0 Å². The highest BCUT2D eigenvalue weighted by Gasteiger charge is 2.21. The topological polar surface area (TPSA) is 47.7 Å². The van der Waals surface area contributed by atoms with E-state index in [0.29, 0.717) is 11.4 Å². The number of allylic oxidation sites excluding steroid dienone is 5. The number of hydrogen-bond acceptors (Lipinski definition) is 3. The van der Waals surface area contributed by atoms with E-state index in [9.17, 15) is 0 Å². The molecule has 0 fully saturated rings. The first-order chi connectivity index (χ1) is 7.11. The molecule has 0 aromatic rings. The first-order valence-corrected chi connectivity index (χ1v) is 6.04. The summed E-state index contributed by atoms with van der Waals surface area (Å²) in [6.45, 7) is 3.98. The van der Waals surface area contributed by atoms with Gasteiger partial charge in [0.05, 0.1) is 11.4 Å². The quantitative estimate of drug-likeness (QED) is 0.652. The minimum absolute atomic E-state index is 0.339. The van der Waals surface area contributed by atoms with Crippen LogP contribution in [0.4, 0.5) is 0 Å². The molecule has 0 spiro atoms. The highest BCUT2D eigenvalue weighted by atomic mass is 32.2. The van der Waals surface area contributed by atoms with Crippen molar-refractivity contribution in [2.75, 3.05) is 5.75 Å². The van der Waals surface area contributed by atoms with Crippen LogP contribution in [0.3, 0.4) is 0 Å². The van der Waals surface area contributed by atoms with E-state index < -0.39 is 0 Å². The van der Waals surface area contributed by atoms with Crippen molar-refractivity contribution in [2.24, 2.45) is 0 Å². The zero-order valence-electron chi connectivity index (χ0n) is 8.98. The Balaban J connectivity index is 2.45. The Morgan fingerprint density at radius 1 is 1.20 bits per heavy atom. The van der Waals surface area contributed by atoms with Crippen molar-refractivity contribution < 1.29 is 0 Å². The largest absolute Gasteiger partial charge is 0.299 e. The van der Waals surface area contributed by atoms with Crippen molar-refractivity contribution in [1.29, 1.82) is 10.8 Å². The monoisotopic (exact) mass is 218 g/mol. The molecule has 0 saturated carbocycles. The van der Waals surface area contributed by atoms with Crippen molar-refractivity contribution in [3.63, 3.8) is 0 Å². The maximum Gasteiger partial charge on any atom is 0.0821 e. The van der Waals surface area contributed by atoms with Gasteiger partial charge in [0.25, 0.3) is 0 Å². The Kier molecular flexibility index (Phi) is 2.65. The Bertz CT molecular complexity index is 439. The van der Waals surface area contributed by atoms with Crippen molar-refractivity contribution in [3.8, 4) is 0 Å². The van der Waals surface area contributed by atoms with Crippen LogP contribution in [0.5, 0.6) is 0 Å². The number of nitrogens with one attached hydrogen (secondary N) is 2. The molecule has 0 bridgehead atoms. The standard InChI is InChI=1S/C12H14N2S/c1-7-8(2)12(14)11(13)5-10(7)9-3-4-15-6-9/h5-6,13-14H,3-4H2,1-2H3. The molecule has 2 aliphatic rings. The van der Waals surface area contributed by atoms with E-state index in [4.69, 9.17) is 10.8 Å². The van der Waals surface area contributed by atoms with Crippen molar-refractivity contribution in [3.05, 3.63) is 33.8 Å². The van der Waals surface area contributed by atoms with Crippen LogP contribution in [0.25, 0.3) is 0 Å². The van der Waals surface area contributed by atoms with E-state index in [0.717, 1.165) is 23.3 Å². The number of hydrogen-bond donors (Lipinski definition) is 2. The summed E-state index contributed by atoms with van der Waals surface area (Å²) in [6, 6.07) is 0. The fourth-order valence-electron chi connectivity index (χ4n) is 1.84. The minimum Gasteiger partial charge on any atom is -0.299 e. The third-order valence-electron chi connectivity index (χ3n) is 2.96. The molecule has 1 aliphatic carbocycles. The van der Waals surface area contributed by atoms with Crippen LogP contribution in [-0.2, 0) is 0 Å². The van der Waals surface area contributed by atoms with Crippen molar-refractivity contribution in [1.82, 2.24) is 0 Å². The van der Waals surface area contributed by atoms with Crippen LogP contribution in [0, 0.1) is 10.8 Å². The Hall–Kier alpha value is -1.09. The molecule has 0 atom stereocenters. The van der Waals surface area contributed by atoms with E-state index in [1.165, 1.54) is 11.1 Å². The molecule has 0 unspecified atom stereocenters. The summed E-state index contributed by atoms with van der Waals surface area (Å²) in [4.78, 5) is 0. The second kappa shape index (κ2) is 3.81. The average Bonchev–Trinajstić information content (AvgIpc) is 2.73. The number of rotatable bonds is 1. The van der Waals surface area contributed by atoms with Gasteiger partial charge in [0.1, 0.15) is 0 Å². The molecule has 0 radical (unpaired) electrons.